The lowest BCUT2D eigenvalue weighted by Gasteiger charge is -2.21. The van der Waals surface area contributed by atoms with Crippen LogP contribution in [0.4, 0.5) is 0 Å². The summed E-state index contributed by atoms with van der Waals surface area (Å²) in [6, 6.07) is 5.79. The van der Waals surface area contributed by atoms with Gasteiger partial charge in [-0.2, -0.15) is 0 Å². The number of phenolic OH excluding ortho intramolecular Hbond substituents is 4. The fourth-order valence-corrected chi connectivity index (χ4v) is 2.77. The molecule has 0 saturated carbocycles. The zero-order valence-corrected chi connectivity index (χ0v) is 13.9. The highest BCUT2D eigenvalue weighted by molar-refractivity contribution is 5.73. The zero-order valence-electron chi connectivity index (χ0n) is 13.9. The van der Waals surface area contributed by atoms with E-state index in [2.05, 4.69) is 0 Å². The van der Waals surface area contributed by atoms with Crippen molar-refractivity contribution in [1.29, 1.82) is 0 Å². The first-order valence-corrected chi connectivity index (χ1v) is 7.79. The lowest BCUT2D eigenvalue weighted by atomic mass is 9.84. The second kappa shape index (κ2) is 7.83. The van der Waals surface area contributed by atoms with Gasteiger partial charge >= 0.3 is 11.9 Å². The largest absolute Gasteiger partial charge is 0.504 e. The second-order valence-corrected chi connectivity index (χ2v) is 6.00. The van der Waals surface area contributed by atoms with Crippen molar-refractivity contribution in [1.82, 2.24) is 0 Å². The molecule has 0 aliphatic rings. The molecule has 9 nitrogen and oxygen atoms in total. The molecule has 7 N–H and O–H groups in total. The molecular formula is C18H18O9. The third kappa shape index (κ3) is 4.59. The molecule has 0 unspecified atom stereocenters. The Hall–Kier alpha value is -3.46. The van der Waals surface area contributed by atoms with E-state index in [0.29, 0.717) is 0 Å². The molecule has 0 aliphatic heterocycles. The van der Waals surface area contributed by atoms with Crippen molar-refractivity contribution >= 4 is 11.9 Å². The third-order valence-corrected chi connectivity index (χ3v) is 4.09. The summed E-state index contributed by atoms with van der Waals surface area (Å²) in [5.41, 5.74) is 0.529. The van der Waals surface area contributed by atoms with Crippen LogP contribution in [-0.4, -0.2) is 53.8 Å². The van der Waals surface area contributed by atoms with Crippen molar-refractivity contribution < 1.29 is 45.3 Å². The van der Waals surface area contributed by atoms with E-state index in [1.807, 2.05) is 0 Å². The van der Waals surface area contributed by atoms with Crippen LogP contribution >= 0.6 is 0 Å². The molecule has 0 aromatic heterocycles. The molecule has 0 fully saturated rings. The van der Waals surface area contributed by atoms with E-state index in [0.717, 1.165) is 24.3 Å². The Labute approximate surface area is 153 Å². The molecule has 0 radical (unpaired) electrons. The number of benzene rings is 2. The molecule has 0 heterocycles. The third-order valence-electron chi connectivity index (χ3n) is 4.09. The predicted molar refractivity (Wildman–Crippen MR) is 91.0 cm³/mol. The maximum atomic E-state index is 11.3. The minimum atomic E-state index is -1.81. The van der Waals surface area contributed by atoms with Gasteiger partial charge in [-0.15, -0.1) is 0 Å². The fraction of sp³-hybridized carbons (Fsp3) is 0.222. The average molecular weight is 378 g/mol. The number of rotatable bonds is 7. The van der Waals surface area contributed by atoms with Crippen LogP contribution in [0.3, 0.4) is 0 Å². The Morgan fingerprint density at radius 1 is 0.852 bits per heavy atom. The average Bonchev–Trinajstić information content (AvgIpc) is 2.58. The molecule has 9 heteroatoms. The minimum Gasteiger partial charge on any atom is -0.504 e. The summed E-state index contributed by atoms with van der Waals surface area (Å²) in [7, 11) is 0. The molecule has 144 valence electrons. The fourth-order valence-electron chi connectivity index (χ4n) is 2.77. The SMILES string of the molecule is O=C(O)C[C@@H](c1ccc(O)c(O)c1)c1cc(O)c(O)cc1C[C@@H](O)C(=O)O. The van der Waals surface area contributed by atoms with Crippen molar-refractivity contribution in [3.8, 4) is 23.0 Å². The number of hydrogen-bond acceptors (Lipinski definition) is 7. The first-order chi connectivity index (χ1) is 12.6. The van der Waals surface area contributed by atoms with Crippen molar-refractivity contribution in [3.63, 3.8) is 0 Å². The van der Waals surface area contributed by atoms with Crippen LogP contribution < -0.4 is 0 Å². The number of hydrogen-bond donors (Lipinski definition) is 7. The van der Waals surface area contributed by atoms with Gasteiger partial charge in [0, 0.05) is 12.3 Å². The number of carboxylic acids is 2. The standard InChI is InChI=1S/C18H18O9/c19-12-2-1-8(3-13(12)20)11(7-17(24)25)10-6-15(22)14(21)4-9(10)5-16(23)18(26)27/h1-4,6,11,16,19-23H,5,7H2,(H,24,25)(H,26,27)/t11-,16+/m0/s1. The smallest absolute Gasteiger partial charge is 0.332 e. The van der Waals surface area contributed by atoms with Crippen LogP contribution in [-0.2, 0) is 16.0 Å². The van der Waals surface area contributed by atoms with Gasteiger partial charge in [0.2, 0.25) is 0 Å². The number of carboxylic acid groups (broad SMARTS) is 2. The molecule has 27 heavy (non-hydrogen) atoms. The number of aliphatic carboxylic acids is 2. The lowest BCUT2D eigenvalue weighted by molar-refractivity contribution is -0.146. The lowest BCUT2D eigenvalue weighted by Crippen LogP contribution is -2.23. The van der Waals surface area contributed by atoms with Crippen molar-refractivity contribution in [2.75, 3.05) is 0 Å². The minimum absolute atomic E-state index is 0.110. The van der Waals surface area contributed by atoms with E-state index in [9.17, 15) is 40.2 Å². The second-order valence-electron chi connectivity index (χ2n) is 6.00. The van der Waals surface area contributed by atoms with Gasteiger partial charge in [0.25, 0.3) is 0 Å². The predicted octanol–water partition coefficient (Wildman–Crippen LogP) is 1.10. The Morgan fingerprint density at radius 3 is 2.00 bits per heavy atom. The van der Waals surface area contributed by atoms with Gasteiger partial charge in [-0.1, -0.05) is 6.07 Å². The van der Waals surface area contributed by atoms with Gasteiger partial charge in [-0.25, -0.2) is 4.79 Å². The normalized spacial score (nSPS) is 13.1. The quantitative estimate of drug-likeness (QED) is 0.348. The summed E-state index contributed by atoms with van der Waals surface area (Å²) in [6.07, 6.45) is -2.75. The highest BCUT2D eigenvalue weighted by atomic mass is 16.4. The number of aliphatic hydroxyl groups is 1. The first kappa shape index (κ1) is 19.9. The van der Waals surface area contributed by atoms with Crippen molar-refractivity contribution in [3.05, 3.63) is 47.0 Å². The van der Waals surface area contributed by atoms with Crippen molar-refractivity contribution in [2.24, 2.45) is 0 Å². The van der Waals surface area contributed by atoms with Crippen LogP contribution in [0.5, 0.6) is 23.0 Å². The van der Waals surface area contributed by atoms with Crippen LogP contribution in [0.1, 0.15) is 29.0 Å². The molecule has 2 rings (SSSR count). The van der Waals surface area contributed by atoms with Crippen LogP contribution in [0, 0.1) is 0 Å². The van der Waals surface area contributed by atoms with E-state index in [-0.39, 0.29) is 16.7 Å². The molecule has 0 spiro atoms. The molecule has 2 aromatic rings. The Bertz CT molecular complexity index is 875. The van der Waals surface area contributed by atoms with Gasteiger partial charge < -0.3 is 35.7 Å². The number of aliphatic hydroxyl groups excluding tert-OH is 1. The molecule has 0 amide bonds. The zero-order chi connectivity index (χ0) is 20.3. The summed E-state index contributed by atoms with van der Waals surface area (Å²) < 4.78 is 0. The summed E-state index contributed by atoms with van der Waals surface area (Å²) in [5, 5.41) is 66.5. The molecule has 0 aliphatic carbocycles. The molecular weight excluding hydrogens is 360 g/mol. The summed E-state index contributed by atoms with van der Waals surface area (Å²) in [6.45, 7) is 0. The van der Waals surface area contributed by atoms with Gasteiger partial charge in [-0.05, 0) is 41.0 Å². The number of aromatic hydroxyl groups is 4. The monoisotopic (exact) mass is 378 g/mol. The van der Waals surface area contributed by atoms with Gasteiger partial charge in [0.15, 0.2) is 29.1 Å². The first-order valence-electron chi connectivity index (χ1n) is 7.79. The Kier molecular flexibility index (Phi) is 5.76. The van der Waals surface area contributed by atoms with Crippen molar-refractivity contribution in [2.45, 2.75) is 24.9 Å². The highest BCUT2D eigenvalue weighted by Gasteiger charge is 2.26. The van der Waals surface area contributed by atoms with Crippen LogP contribution in [0.25, 0.3) is 0 Å². The van der Waals surface area contributed by atoms with Gasteiger partial charge in [0.1, 0.15) is 0 Å². The molecule has 0 bridgehead atoms. The summed E-state index contributed by atoms with van der Waals surface area (Å²) in [4.78, 5) is 22.3. The maximum absolute atomic E-state index is 11.3. The molecule has 2 aromatic carbocycles. The Balaban J connectivity index is 2.62. The van der Waals surface area contributed by atoms with E-state index in [1.165, 1.54) is 6.07 Å². The van der Waals surface area contributed by atoms with E-state index in [1.54, 1.807) is 0 Å². The van der Waals surface area contributed by atoms with E-state index in [4.69, 9.17) is 5.11 Å². The summed E-state index contributed by atoms with van der Waals surface area (Å²) in [5.74, 6) is -5.71. The van der Waals surface area contributed by atoms with E-state index >= 15 is 0 Å². The highest BCUT2D eigenvalue weighted by Crippen LogP contribution is 2.39. The summed E-state index contributed by atoms with van der Waals surface area (Å²) >= 11 is 0. The Morgan fingerprint density at radius 2 is 1.44 bits per heavy atom. The molecule has 0 saturated heterocycles. The van der Waals surface area contributed by atoms with E-state index < -0.39 is 59.8 Å². The maximum Gasteiger partial charge on any atom is 0.332 e. The topological polar surface area (TPSA) is 176 Å². The number of phenols is 4. The van der Waals surface area contributed by atoms with Gasteiger partial charge in [0.05, 0.1) is 6.42 Å². The molecule has 2 atom stereocenters. The number of carbonyl (C=O) groups is 2. The van der Waals surface area contributed by atoms with Gasteiger partial charge in [-0.3, -0.25) is 4.79 Å². The van der Waals surface area contributed by atoms with Crippen LogP contribution in [0.2, 0.25) is 0 Å². The van der Waals surface area contributed by atoms with Crippen LogP contribution in [0.15, 0.2) is 30.3 Å².